The summed E-state index contributed by atoms with van der Waals surface area (Å²) in [6.07, 6.45) is 6.05. The zero-order valence-corrected chi connectivity index (χ0v) is 15.5. The Morgan fingerprint density at radius 1 is 1.54 bits per heavy atom. The number of pyridine rings is 1. The molecule has 4 heterocycles. The lowest BCUT2D eigenvalue weighted by atomic mass is 10.2. The first-order valence-corrected chi connectivity index (χ1v) is 9.84. The maximum Gasteiger partial charge on any atom is 0.259 e. The summed E-state index contributed by atoms with van der Waals surface area (Å²) < 4.78 is 0. The number of rotatable bonds is 4. The van der Waals surface area contributed by atoms with Gasteiger partial charge in [0.1, 0.15) is 5.65 Å². The molecule has 0 spiro atoms. The molecule has 0 bridgehead atoms. The van der Waals surface area contributed by atoms with Gasteiger partial charge < -0.3 is 25.6 Å². The first-order chi connectivity index (χ1) is 12.6. The topological polar surface area (TPSA) is 93.3 Å². The minimum absolute atomic E-state index is 0.0565. The van der Waals surface area contributed by atoms with Gasteiger partial charge >= 0.3 is 0 Å². The maximum absolute atomic E-state index is 12.6. The zero-order valence-electron chi connectivity index (χ0n) is 14.7. The normalized spacial score (nSPS) is 23.3. The third-order valence-electron chi connectivity index (χ3n) is 4.85. The van der Waals surface area contributed by atoms with Crippen LogP contribution in [-0.2, 0) is 4.79 Å². The first-order valence-electron chi connectivity index (χ1n) is 8.85. The molecule has 0 radical (unpaired) electrons. The molecule has 26 heavy (non-hydrogen) atoms. The smallest absolute Gasteiger partial charge is 0.259 e. The van der Waals surface area contributed by atoms with Gasteiger partial charge in [0, 0.05) is 55.4 Å². The summed E-state index contributed by atoms with van der Waals surface area (Å²) in [5, 5.41) is 16.9. The highest BCUT2D eigenvalue weighted by Gasteiger charge is 2.24. The number of fused-ring (bicyclic) bond motifs is 1. The van der Waals surface area contributed by atoms with Crippen molar-refractivity contribution in [3.05, 3.63) is 35.1 Å². The Morgan fingerprint density at radius 3 is 3.23 bits per heavy atom. The van der Waals surface area contributed by atoms with E-state index in [1.807, 2.05) is 18.5 Å². The Kier molecular flexibility index (Phi) is 4.88. The Hall–Kier alpha value is -2.03. The largest absolute Gasteiger partial charge is 0.392 e. The summed E-state index contributed by atoms with van der Waals surface area (Å²) in [7, 11) is 0. The Bertz CT molecular complexity index is 849. The van der Waals surface area contributed by atoms with Gasteiger partial charge in [0.2, 0.25) is 0 Å². The predicted octanol–water partition coefficient (Wildman–Crippen LogP) is 1.10. The summed E-state index contributed by atoms with van der Waals surface area (Å²) in [6, 6.07) is 2.14. The van der Waals surface area contributed by atoms with Crippen molar-refractivity contribution < 1.29 is 9.90 Å². The average Bonchev–Trinajstić information content (AvgIpc) is 3.25. The second kappa shape index (κ2) is 7.30. The van der Waals surface area contributed by atoms with Gasteiger partial charge in [-0.1, -0.05) is 0 Å². The van der Waals surface area contributed by atoms with Crippen LogP contribution in [-0.4, -0.2) is 58.5 Å². The van der Waals surface area contributed by atoms with Crippen LogP contribution >= 0.6 is 11.8 Å². The average molecular weight is 373 g/mol. The molecule has 1 saturated heterocycles. The molecule has 4 rings (SSSR count). The van der Waals surface area contributed by atoms with E-state index in [0.717, 1.165) is 34.6 Å². The van der Waals surface area contributed by atoms with E-state index in [-0.39, 0.29) is 18.1 Å². The van der Waals surface area contributed by atoms with E-state index < -0.39 is 0 Å². The number of amides is 1. The molecule has 7 nitrogen and oxygen atoms in total. The number of anilines is 1. The number of aromatic amines is 1. The van der Waals surface area contributed by atoms with Crippen molar-refractivity contribution in [2.45, 2.75) is 25.5 Å². The molecule has 2 aromatic heterocycles. The lowest BCUT2D eigenvalue weighted by Gasteiger charge is -2.27. The first kappa shape index (κ1) is 17.4. The van der Waals surface area contributed by atoms with Crippen LogP contribution in [0.2, 0.25) is 0 Å². The van der Waals surface area contributed by atoms with Crippen LogP contribution in [0.1, 0.15) is 12.0 Å². The number of nitrogens with zero attached hydrogens (tertiary/aromatic N) is 2. The molecule has 1 fully saturated rings. The number of aryl methyl sites for hydroxylation is 1. The molecule has 2 unspecified atom stereocenters. The Morgan fingerprint density at radius 2 is 2.42 bits per heavy atom. The number of carbonyl (C=O) groups excluding carboxylic acids is 1. The van der Waals surface area contributed by atoms with E-state index in [2.05, 4.69) is 32.4 Å². The van der Waals surface area contributed by atoms with Crippen molar-refractivity contribution in [2.75, 3.05) is 30.3 Å². The molecular formula is C18H23N5O2S. The van der Waals surface area contributed by atoms with E-state index in [9.17, 15) is 9.90 Å². The summed E-state index contributed by atoms with van der Waals surface area (Å²) in [5.74, 6) is 0.798. The SMILES string of the molecule is Cc1c[nH]c2nccc(N3C=C(C(=O)NCC4CC(O)CN4)SCC3)c12. The number of H-pyrrole nitrogens is 1. The number of nitrogens with one attached hydrogen (secondary N) is 3. The number of aliphatic hydroxyl groups is 1. The number of hydrogen-bond donors (Lipinski definition) is 4. The molecule has 8 heteroatoms. The summed E-state index contributed by atoms with van der Waals surface area (Å²) >= 11 is 1.58. The molecule has 2 aliphatic rings. The molecule has 2 atom stereocenters. The minimum atomic E-state index is -0.311. The molecule has 2 aromatic rings. The van der Waals surface area contributed by atoms with Gasteiger partial charge in [0.05, 0.1) is 16.7 Å². The molecule has 138 valence electrons. The summed E-state index contributed by atoms with van der Waals surface area (Å²) in [4.78, 5) is 23.0. The van der Waals surface area contributed by atoms with E-state index in [0.29, 0.717) is 24.4 Å². The standard InChI is InChI=1S/C18H23N5O2S/c1-11-7-21-17-16(11)14(2-3-19-17)23-4-5-26-15(10-23)18(25)22-8-12-6-13(24)9-20-12/h2-3,7,10,12-13,20,24H,4-6,8-9H2,1H3,(H,19,21)(H,22,25). The molecule has 2 aliphatic heterocycles. The summed E-state index contributed by atoms with van der Waals surface area (Å²) in [6.45, 7) is 4.04. The number of aromatic nitrogens is 2. The lowest BCUT2D eigenvalue weighted by molar-refractivity contribution is -0.116. The van der Waals surface area contributed by atoms with E-state index in [1.54, 1.807) is 18.0 Å². The van der Waals surface area contributed by atoms with Crippen molar-refractivity contribution >= 4 is 34.4 Å². The van der Waals surface area contributed by atoms with Crippen molar-refractivity contribution in [1.29, 1.82) is 0 Å². The van der Waals surface area contributed by atoms with Crippen molar-refractivity contribution in [3.63, 3.8) is 0 Å². The van der Waals surface area contributed by atoms with Gasteiger partial charge in [0.15, 0.2) is 0 Å². The van der Waals surface area contributed by atoms with Crippen LogP contribution in [0.3, 0.4) is 0 Å². The highest BCUT2D eigenvalue weighted by Crippen LogP contribution is 2.32. The highest BCUT2D eigenvalue weighted by molar-refractivity contribution is 8.04. The van der Waals surface area contributed by atoms with Crippen LogP contribution < -0.4 is 15.5 Å². The number of aliphatic hydroxyl groups excluding tert-OH is 1. The summed E-state index contributed by atoms with van der Waals surface area (Å²) in [5.41, 5.74) is 3.08. The van der Waals surface area contributed by atoms with E-state index in [4.69, 9.17) is 0 Å². The molecule has 1 amide bonds. The Balaban J connectivity index is 1.50. The molecule has 0 aromatic carbocycles. The van der Waals surface area contributed by atoms with Gasteiger partial charge in [-0.3, -0.25) is 4.79 Å². The fourth-order valence-corrected chi connectivity index (χ4v) is 4.42. The maximum atomic E-state index is 12.6. The lowest BCUT2D eigenvalue weighted by Crippen LogP contribution is -2.38. The molecular weight excluding hydrogens is 350 g/mol. The quantitative estimate of drug-likeness (QED) is 0.642. The van der Waals surface area contributed by atoms with Gasteiger partial charge in [0.25, 0.3) is 5.91 Å². The second-order valence-corrected chi connectivity index (χ2v) is 7.90. The molecule has 0 saturated carbocycles. The molecule has 0 aliphatic carbocycles. The third kappa shape index (κ3) is 3.44. The highest BCUT2D eigenvalue weighted by atomic mass is 32.2. The molecule has 4 N–H and O–H groups in total. The van der Waals surface area contributed by atoms with Crippen molar-refractivity contribution in [3.8, 4) is 0 Å². The predicted molar refractivity (Wildman–Crippen MR) is 104 cm³/mol. The minimum Gasteiger partial charge on any atom is -0.392 e. The van der Waals surface area contributed by atoms with Crippen LogP contribution in [0.4, 0.5) is 5.69 Å². The number of β-amino-alcohol motifs (C(OH)–C–C–N with tert-alkyl or cyclic N) is 1. The number of hydrogen-bond acceptors (Lipinski definition) is 6. The van der Waals surface area contributed by atoms with Gasteiger partial charge in [-0.05, 0) is 25.0 Å². The second-order valence-electron chi connectivity index (χ2n) is 6.77. The van der Waals surface area contributed by atoms with Crippen molar-refractivity contribution in [1.82, 2.24) is 20.6 Å². The zero-order chi connectivity index (χ0) is 18.1. The van der Waals surface area contributed by atoms with Crippen molar-refractivity contribution in [2.24, 2.45) is 0 Å². The number of carbonyl (C=O) groups is 1. The Labute approximate surface area is 156 Å². The van der Waals surface area contributed by atoms with Gasteiger partial charge in [-0.25, -0.2) is 4.98 Å². The third-order valence-corrected chi connectivity index (χ3v) is 5.84. The van der Waals surface area contributed by atoms with Crippen LogP contribution in [0, 0.1) is 6.92 Å². The van der Waals surface area contributed by atoms with E-state index in [1.165, 1.54) is 0 Å². The van der Waals surface area contributed by atoms with Gasteiger partial charge in [-0.15, -0.1) is 11.8 Å². The number of thioether (sulfide) groups is 1. The van der Waals surface area contributed by atoms with E-state index >= 15 is 0 Å². The van der Waals surface area contributed by atoms with Crippen LogP contribution in [0.25, 0.3) is 11.0 Å². The van der Waals surface area contributed by atoms with Crippen LogP contribution in [0.15, 0.2) is 29.6 Å². The fourth-order valence-electron chi connectivity index (χ4n) is 3.51. The van der Waals surface area contributed by atoms with Gasteiger partial charge in [-0.2, -0.15) is 0 Å². The monoisotopic (exact) mass is 373 g/mol. The van der Waals surface area contributed by atoms with Crippen LogP contribution in [0.5, 0.6) is 0 Å². The fraction of sp³-hybridized carbons (Fsp3) is 0.444.